The van der Waals surface area contributed by atoms with Gasteiger partial charge in [0.1, 0.15) is 5.78 Å². The van der Waals surface area contributed by atoms with E-state index in [1.54, 1.807) is 18.2 Å². The summed E-state index contributed by atoms with van der Waals surface area (Å²) in [7, 11) is 0. The van der Waals surface area contributed by atoms with E-state index in [4.69, 9.17) is 23.2 Å². The molecule has 1 aliphatic rings. The van der Waals surface area contributed by atoms with Gasteiger partial charge in [0.2, 0.25) is 6.04 Å². The van der Waals surface area contributed by atoms with Gasteiger partial charge in [-0.25, -0.2) is 0 Å². The van der Waals surface area contributed by atoms with Crippen molar-refractivity contribution in [3.8, 4) is 0 Å². The highest BCUT2D eigenvalue weighted by molar-refractivity contribution is 6.35. The first-order valence-electron chi connectivity index (χ1n) is 5.59. The normalized spacial score (nSPS) is 24.0. The third-order valence-corrected chi connectivity index (χ3v) is 3.83. The third kappa shape index (κ3) is 2.65. The van der Waals surface area contributed by atoms with Crippen LogP contribution in [0, 0.1) is 10.1 Å². The molecule has 0 bridgehead atoms. The first kappa shape index (κ1) is 13.3. The van der Waals surface area contributed by atoms with Crippen molar-refractivity contribution in [2.45, 2.75) is 31.2 Å². The van der Waals surface area contributed by atoms with Gasteiger partial charge < -0.3 is 0 Å². The molecule has 1 fully saturated rings. The summed E-state index contributed by atoms with van der Waals surface area (Å²) in [4.78, 5) is 22.2. The number of hydrogen-bond donors (Lipinski definition) is 0. The van der Waals surface area contributed by atoms with E-state index in [9.17, 15) is 14.9 Å². The summed E-state index contributed by atoms with van der Waals surface area (Å²) >= 11 is 11.9. The second-order valence-electron chi connectivity index (χ2n) is 4.41. The number of carbonyl (C=O) groups is 1. The third-order valence-electron chi connectivity index (χ3n) is 3.26. The van der Waals surface area contributed by atoms with E-state index in [1.165, 1.54) is 0 Å². The zero-order chi connectivity index (χ0) is 13.3. The lowest BCUT2D eigenvalue weighted by Crippen LogP contribution is -2.34. The molecule has 0 aliphatic heterocycles. The maximum Gasteiger partial charge on any atom is 0.220 e. The smallest absolute Gasteiger partial charge is 0.220 e. The van der Waals surface area contributed by atoms with Crippen LogP contribution in [0.4, 0.5) is 0 Å². The first-order chi connectivity index (χ1) is 8.49. The van der Waals surface area contributed by atoms with Gasteiger partial charge in [-0.1, -0.05) is 29.3 Å². The van der Waals surface area contributed by atoms with Gasteiger partial charge in [0.15, 0.2) is 0 Å². The minimum Gasteiger partial charge on any atom is -0.300 e. The summed E-state index contributed by atoms with van der Waals surface area (Å²) in [6.07, 6.45) is 0.718. The molecule has 2 rings (SSSR count). The summed E-state index contributed by atoms with van der Waals surface area (Å²) in [5.41, 5.74) is 0.635. The Bertz CT molecular complexity index is 504. The molecule has 1 aromatic rings. The molecule has 1 aromatic carbocycles. The van der Waals surface area contributed by atoms with E-state index in [1.807, 2.05) is 0 Å². The molecule has 1 saturated carbocycles. The maximum absolute atomic E-state index is 11.5. The standard InChI is InChI=1S/C12H11Cl2NO3/c13-7-1-3-9(11(14)5-7)10-6-8(16)2-4-12(10)15(17)18/h1,3,5,10,12H,2,4,6H2/t10-,12+/m1/s1. The Kier molecular flexibility index (Phi) is 3.88. The Morgan fingerprint density at radius 1 is 1.33 bits per heavy atom. The van der Waals surface area contributed by atoms with E-state index in [-0.39, 0.29) is 30.0 Å². The van der Waals surface area contributed by atoms with Crippen LogP contribution in [-0.2, 0) is 4.79 Å². The van der Waals surface area contributed by atoms with Crippen molar-refractivity contribution in [2.75, 3.05) is 0 Å². The SMILES string of the molecule is O=C1CC[C@H]([N+](=O)[O-])[C@@H](c2ccc(Cl)cc2Cl)C1. The zero-order valence-corrected chi connectivity index (χ0v) is 10.9. The van der Waals surface area contributed by atoms with Gasteiger partial charge in [-0.15, -0.1) is 0 Å². The number of rotatable bonds is 2. The quantitative estimate of drug-likeness (QED) is 0.618. The van der Waals surface area contributed by atoms with Crippen LogP contribution >= 0.6 is 23.2 Å². The fourth-order valence-corrected chi connectivity index (χ4v) is 2.91. The van der Waals surface area contributed by atoms with Crippen molar-refractivity contribution in [1.29, 1.82) is 0 Å². The second-order valence-corrected chi connectivity index (χ2v) is 5.25. The minimum atomic E-state index is -0.749. The van der Waals surface area contributed by atoms with Crippen LogP contribution in [0.15, 0.2) is 18.2 Å². The summed E-state index contributed by atoms with van der Waals surface area (Å²) in [6, 6.07) is 4.11. The van der Waals surface area contributed by atoms with E-state index >= 15 is 0 Å². The highest BCUT2D eigenvalue weighted by Gasteiger charge is 2.39. The number of hydrogen-bond acceptors (Lipinski definition) is 3. The van der Waals surface area contributed by atoms with Crippen molar-refractivity contribution in [2.24, 2.45) is 0 Å². The fraction of sp³-hybridized carbons (Fsp3) is 0.417. The largest absolute Gasteiger partial charge is 0.300 e. The lowest BCUT2D eigenvalue weighted by molar-refractivity contribution is -0.528. The molecule has 0 aromatic heterocycles. The maximum atomic E-state index is 11.5. The van der Waals surface area contributed by atoms with Gasteiger partial charge in [0, 0.05) is 34.2 Å². The number of nitro groups is 1. The molecule has 0 spiro atoms. The lowest BCUT2D eigenvalue weighted by Gasteiger charge is -2.25. The molecule has 96 valence electrons. The van der Waals surface area contributed by atoms with Crippen LogP contribution in [0.1, 0.15) is 30.7 Å². The molecule has 4 nitrogen and oxygen atoms in total. The van der Waals surface area contributed by atoms with Crippen molar-refractivity contribution in [3.63, 3.8) is 0 Å². The molecule has 0 amide bonds. The summed E-state index contributed by atoms with van der Waals surface area (Å²) in [6.45, 7) is 0. The Balaban J connectivity index is 2.38. The average Bonchev–Trinajstić information content (AvgIpc) is 2.28. The minimum absolute atomic E-state index is 0.0455. The molecule has 0 unspecified atom stereocenters. The lowest BCUT2D eigenvalue weighted by atomic mass is 9.79. The molecule has 0 heterocycles. The number of ketones is 1. The molecule has 18 heavy (non-hydrogen) atoms. The van der Waals surface area contributed by atoms with Gasteiger partial charge in [0.25, 0.3) is 0 Å². The summed E-state index contributed by atoms with van der Waals surface area (Å²) in [5, 5.41) is 11.9. The van der Waals surface area contributed by atoms with Crippen LogP contribution in [0.3, 0.4) is 0 Å². The molecule has 0 N–H and O–H groups in total. The van der Waals surface area contributed by atoms with Gasteiger partial charge in [0.05, 0.1) is 5.92 Å². The Hall–Kier alpha value is -1.13. The predicted molar refractivity (Wildman–Crippen MR) is 68.8 cm³/mol. The fourth-order valence-electron chi connectivity index (χ4n) is 2.37. The second kappa shape index (κ2) is 5.24. The van der Waals surface area contributed by atoms with E-state index < -0.39 is 12.0 Å². The van der Waals surface area contributed by atoms with E-state index in [0.717, 1.165) is 0 Å². The van der Waals surface area contributed by atoms with Crippen LogP contribution in [0.25, 0.3) is 0 Å². The molecule has 1 aliphatic carbocycles. The van der Waals surface area contributed by atoms with Crippen LogP contribution in [-0.4, -0.2) is 16.7 Å². The predicted octanol–water partition coefficient (Wildman–Crippen LogP) is 3.48. The molecular formula is C12H11Cl2NO3. The van der Waals surface area contributed by atoms with Gasteiger partial charge in [-0.3, -0.25) is 14.9 Å². The van der Waals surface area contributed by atoms with Crippen molar-refractivity contribution >= 4 is 29.0 Å². The summed E-state index contributed by atoms with van der Waals surface area (Å²) in [5.74, 6) is -0.407. The molecular weight excluding hydrogens is 277 g/mol. The summed E-state index contributed by atoms with van der Waals surface area (Å²) < 4.78 is 0. The Morgan fingerprint density at radius 3 is 2.67 bits per heavy atom. The van der Waals surface area contributed by atoms with Crippen molar-refractivity contribution in [3.05, 3.63) is 43.9 Å². The molecule has 6 heteroatoms. The van der Waals surface area contributed by atoms with Gasteiger partial charge >= 0.3 is 0 Å². The van der Waals surface area contributed by atoms with Gasteiger partial charge in [-0.05, 0) is 17.7 Å². The zero-order valence-electron chi connectivity index (χ0n) is 9.44. The highest BCUT2D eigenvalue weighted by atomic mass is 35.5. The topological polar surface area (TPSA) is 60.2 Å². The molecule has 0 radical (unpaired) electrons. The number of carbonyl (C=O) groups excluding carboxylic acids is 1. The monoisotopic (exact) mass is 287 g/mol. The molecule has 0 saturated heterocycles. The van der Waals surface area contributed by atoms with Crippen LogP contribution in [0.2, 0.25) is 10.0 Å². The Morgan fingerprint density at radius 2 is 2.06 bits per heavy atom. The van der Waals surface area contributed by atoms with Crippen LogP contribution < -0.4 is 0 Å². The van der Waals surface area contributed by atoms with Crippen molar-refractivity contribution in [1.82, 2.24) is 0 Å². The first-order valence-corrected chi connectivity index (χ1v) is 6.35. The van der Waals surface area contributed by atoms with E-state index in [2.05, 4.69) is 0 Å². The number of Topliss-reactive ketones (excluding diaryl/α,β-unsaturated/α-hetero) is 1. The number of nitrogens with zero attached hydrogens (tertiary/aromatic N) is 1. The Labute approximate surface area is 114 Å². The van der Waals surface area contributed by atoms with Gasteiger partial charge in [-0.2, -0.15) is 0 Å². The van der Waals surface area contributed by atoms with E-state index in [0.29, 0.717) is 15.6 Å². The average molecular weight is 288 g/mol. The van der Waals surface area contributed by atoms with Crippen LogP contribution in [0.5, 0.6) is 0 Å². The highest BCUT2D eigenvalue weighted by Crippen LogP contribution is 2.37. The number of benzene rings is 1. The molecule has 2 atom stereocenters. The number of halogens is 2. The van der Waals surface area contributed by atoms with Crippen molar-refractivity contribution < 1.29 is 9.72 Å².